The van der Waals surface area contributed by atoms with Crippen molar-refractivity contribution in [1.82, 2.24) is 10.4 Å². The first-order chi connectivity index (χ1) is 5.58. The molecule has 0 spiro atoms. The Hall–Kier alpha value is 0.0300. The predicted molar refractivity (Wildman–Crippen MR) is 42.2 cm³/mol. The second-order valence-corrected chi connectivity index (χ2v) is 3.75. The maximum absolute atomic E-state index is 10.4. The second kappa shape index (κ2) is 4.32. The maximum atomic E-state index is 10.4. The highest BCUT2D eigenvalue weighted by atomic mass is 31.2. The Balaban J connectivity index is 2.35. The molecule has 1 saturated heterocycles. The van der Waals surface area contributed by atoms with Gasteiger partial charge in [0.15, 0.2) is 0 Å². The first kappa shape index (κ1) is 10.1. The minimum absolute atomic E-state index is 0.505. The van der Waals surface area contributed by atoms with E-state index in [1.54, 1.807) is 0 Å². The summed E-state index contributed by atoms with van der Waals surface area (Å²) in [6.45, 7) is 2.62. The van der Waals surface area contributed by atoms with Crippen molar-refractivity contribution in [3.8, 4) is 0 Å². The van der Waals surface area contributed by atoms with Gasteiger partial charge in [0.05, 0.1) is 0 Å². The van der Waals surface area contributed by atoms with E-state index in [0.29, 0.717) is 19.6 Å². The molecule has 1 aliphatic rings. The number of rotatable bonds is 2. The van der Waals surface area contributed by atoms with Gasteiger partial charge in [0.2, 0.25) is 0 Å². The molecule has 1 rings (SSSR count). The van der Waals surface area contributed by atoms with Crippen LogP contribution >= 0.6 is 7.82 Å². The molecule has 0 bridgehead atoms. The number of nitrogens with one attached hydrogen (secondary N) is 1. The number of hydrogen-bond acceptors (Lipinski definition) is 4. The average molecular weight is 196 g/mol. The summed E-state index contributed by atoms with van der Waals surface area (Å²) in [5, 5.41) is 4.39. The molecule has 1 aliphatic heterocycles. The number of phosphoric acid groups is 1. The molecule has 1 heterocycles. The summed E-state index contributed by atoms with van der Waals surface area (Å²) in [4.78, 5) is 17.0. The van der Waals surface area contributed by atoms with Gasteiger partial charge in [-0.05, 0) is 13.0 Å². The minimum atomic E-state index is -4.36. The SMILES string of the molecule is O=P(O)(O)ON1CCCNCC1. The van der Waals surface area contributed by atoms with Crippen LogP contribution in [0.5, 0.6) is 0 Å². The van der Waals surface area contributed by atoms with Gasteiger partial charge in [0, 0.05) is 19.6 Å². The Morgan fingerprint density at radius 2 is 2.08 bits per heavy atom. The third kappa shape index (κ3) is 4.15. The van der Waals surface area contributed by atoms with Crippen LogP contribution in [-0.2, 0) is 9.19 Å². The van der Waals surface area contributed by atoms with E-state index >= 15 is 0 Å². The lowest BCUT2D eigenvalue weighted by Gasteiger charge is -2.18. The largest absolute Gasteiger partial charge is 0.486 e. The van der Waals surface area contributed by atoms with Crippen LogP contribution in [0.15, 0.2) is 0 Å². The minimum Gasteiger partial charge on any atom is -0.315 e. The van der Waals surface area contributed by atoms with E-state index in [0.717, 1.165) is 13.0 Å². The van der Waals surface area contributed by atoms with Crippen LogP contribution in [0.1, 0.15) is 6.42 Å². The summed E-state index contributed by atoms with van der Waals surface area (Å²) in [5.41, 5.74) is 0. The van der Waals surface area contributed by atoms with Crippen LogP contribution < -0.4 is 5.32 Å². The quantitative estimate of drug-likeness (QED) is 0.507. The second-order valence-electron chi connectivity index (χ2n) is 2.60. The van der Waals surface area contributed by atoms with Crippen molar-refractivity contribution in [1.29, 1.82) is 0 Å². The van der Waals surface area contributed by atoms with Crippen molar-refractivity contribution < 1.29 is 19.0 Å². The standard InChI is InChI=1S/C5H13N2O4P/c8-12(9,10)11-7-4-1-2-6-3-5-7/h6H,1-5H2,(H2,8,9,10). The Kier molecular flexibility index (Phi) is 3.64. The normalized spacial score (nSPS) is 22.2. The third-order valence-electron chi connectivity index (χ3n) is 1.52. The molecule has 0 aromatic carbocycles. The van der Waals surface area contributed by atoms with Gasteiger partial charge >= 0.3 is 7.82 Å². The zero-order valence-corrected chi connectivity index (χ0v) is 7.54. The van der Waals surface area contributed by atoms with Gasteiger partial charge in [-0.2, -0.15) is 9.69 Å². The van der Waals surface area contributed by atoms with Gasteiger partial charge in [-0.15, -0.1) is 0 Å². The molecule has 12 heavy (non-hydrogen) atoms. The molecule has 3 N–H and O–H groups in total. The van der Waals surface area contributed by atoms with Crippen molar-refractivity contribution in [3.63, 3.8) is 0 Å². The van der Waals surface area contributed by atoms with Crippen molar-refractivity contribution in [2.75, 3.05) is 26.2 Å². The number of nitrogens with zero attached hydrogens (tertiary/aromatic N) is 1. The molecular weight excluding hydrogens is 183 g/mol. The highest BCUT2D eigenvalue weighted by Crippen LogP contribution is 2.37. The summed E-state index contributed by atoms with van der Waals surface area (Å²) in [7, 11) is -4.36. The molecule has 0 aromatic rings. The van der Waals surface area contributed by atoms with E-state index in [1.165, 1.54) is 5.06 Å². The van der Waals surface area contributed by atoms with Crippen LogP contribution in [0.25, 0.3) is 0 Å². The summed E-state index contributed by atoms with van der Waals surface area (Å²) < 4.78 is 14.8. The first-order valence-corrected chi connectivity index (χ1v) is 5.32. The van der Waals surface area contributed by atoms with E-state index in [1.807, 2.05) is 0 Å². The highest BCUT2D eigenvalue weighted by Gasteiger charge is 2.20. The number of hydrogen-bond donors (Lipinski definition) is 3. The molecule has 0 atom stereocenters. The molecule has 0 amide bonds. The fourth-order valence-electron chi connectivity index (χ4n) is 1.05. The smallest absolute Gasteiger partial charge is 0.315 e. The van der Waals surface area contributed by atoms with Gasteiger partial charge in [0.25, 0.3) is 0 Å². The molecule has 0 aliphatic carbocycles. The summed E-state index contributed by atoms with van der Waals surface area (Å²) in [6.07, 6.45) is 0.833. The summed E-state index contributed by atoms with van der Waals surface area (Å²) in [5.74, 6) is 0. The molecular formula is C5H13N2O4P. The first-order valence-electron chi connectivity index (χ1n) is 3.79. The van der Waals surface area contributed by atoms with Crippen LogP contribution in [0.2, 0.25) is 0 Å². The molecule has 0 saturated carbocycles. The van der Waals surface area contributed by atoms with Gasteiger partial charge in [-0.1, -0.05) is 0 Å². The van der Waals surface area contributed by atoms with Crippen molar-refractivity contribution >= 4 is 7.82 Å². The maximum Gasteiger partial charge on any atom is 0.486 e. The fourth-order valence-corrected chi connectivity index (χ4v) is 1.52. The van der Waals surface area contributed by atoms with Crippen LogP contribution in [0.4, 0.5) is 0 Å². The van der Waals surface area contributed by atoms with Gasteiger partial charge in [-0.25, -0.2) is 4.57 Å². The topological polar surface area (TPSA) is 82.0 Å². The van der Waals surface area contributed by atoms with Crippen LogP contribution in [0.3, 0.4) is 0 Å². The lowest BCUT2D eigenvalue weighted by atomic mass is 10.4. The summed E-state index contributed by atoms with van der Waals surface area (Å²) in [6, 6.07) is 0. The number of hydroxylamine groups is 2. The van der Waals surface area contributed by atoms with Crippen LogP contribution in [-0.4, -0.2) is 41.0 Å². The zero-order valence-electron chi connectivity index (χ0n) is 6.64. The molecule has 1 fully saturated rings. The molecule has 0 unspecified atom stereocenters. The highest BCUT2D eigenvalue weighted by molar-refractivity contribution is 7.46. The van der Waals surface area contributed by atoms with E-state index in [2.05, 4.69) is 9.94 Å². The lowest BCUT2D eigenvalue weighted by Crippen LogP contribution is -2.27. The summed E-state index contributed by atoms with van der Waals surface area (Å²) >= 11 is 0. The van der Waals surface area contributed by atoms with Gasteiger partial charge in [-0.3, -0.25) is 0 Å². The molecule has 0 radical (unpaired) electrons. The lowest BCUT2D eigenvalue weighted by molar-refractivity contribution is -0.0755. The average Bonchev–Trinajstić information content (AvgIpc) is 2.12. The van der Waals surface area contributed by atoms with Crippen molar-refractivity contribution in [2.24, 2.45) is 0 Å². The Bertz CT molecular complexity index is 174. The van der Waals surface area contributed by atoms with E-state index in [9.17, 15) is 4.57 Å². The third-order valence-corrected chi connectivity index (χ3v) is 1.96. The monoisotopic (exact) mass is 196 g/mol. The van der Waals surface area contributed by atoms with Gasteiger partial charge in [0.1, 0.15) is 0 Å². The van der Waals surface area contributed by atoms with Crippen molar-refractivity contribution in [3.05, 3.63) is 0 Å². The Morgan fingerprint density at radius 1 is 1.33 bits per heavy atom. The Labute approximate surface area is 70.7 Å². The molecule has 0 aromatic heterocycles. The van der Waals surface area contributed by atoms with Crippen molar-refractivity contribution in [2.45, 2.75) is 6.42 Å². The molecule has 72 valence electrons. The predicted octanol–water partition coefficient (Wildman–Crippen LogP) is -0.694. The fraction of sp³-hybridized carbons (Fsp3) is 1.00. The van der Waals surface area contributed by atoms with E-state index in [4.69, 9.17) is 9.79 Å². The van der Waals surface area contributed by atoms with E-state index < -0.39 is 7.82 Å². The van der Waals surface area contributed by atoms with Gasteiger partial charge < -0.3 is 15.1 Å². The van der Waals surface area contributed by atoms with E-state index in [-0.39, 0.29) is 0 Å². The Morgan fingerprint density at radius 3 is 2.75 bits per heavy atom. The molecule has 6 nitrogen and oxygen atoms in total. The zero-order chi connectivity index (χ0) is 9.03. The van der Waals surface area contributed by atoms with Crippen LogP contribution in [0, 0.1) is 0 Å². The molecule has 7 heteroatoms.